The van der Waals surface area contributed by atoms with Gasteiger partial charge in [0.25, 0.3) is 0 Å². The first kappa shape index (κ1) is 19.5. The summed E-state index contributed by atoms with van der Waals surface area (Å²) in [5, 5.41) is 1.37. The first-order chi connectivity index (χ1) is 13.9. The van der Waals surface area contributed by atoms with E-state index < -0.39 is 0 Å². The van der Waals surface area contributed by atoms with Crippen LogP contribution in [0.15, 0.2) is 69.9 Å². The molecule has 0 aliphatic carbocycles. The van der Waals surface area contributed by atoms with Gasteiger partial charge in [-0.05, 0) is 54.4 Å². The number of ether oxygens (including phenoxy) is 1. The lowest BCUT2D eigenvalue weighted by Crippen LogP contribution is -2.07. The highest BCUT2D eigenvalue weighted by molar-refractivity contribution is 6.42. The van der Waals surface area contributed by atoms with Crippen molar-refractivity contribution in [2.75, 3.05) is 0 Å². The van der Waals surface area contributed by atoms with Gasteiger partial charge in [-0.1, -0.05) is 41.4 Å². The van der Waals surface area contributed by atoms with E-state index in [1.807, 2.05) is 6.07 Å². The molecule has 0 fully saturated rings. The second-order valence-corrected chi connectivity index (χ2v) is 7.38. The Balaban J connectivity index is 1.66. The van der Waals surface area contributed by atoms with Gasteiger partial charge in [-0.15, -0.1) is 0 Å². The van der Waals surface area contributed by atoms with Crippen LogP contribution in [0.25, 0.3) is 22.1 Å². The predicted octanol–water partition coefficient (Wildman–Crippen LogP) is 6.79. The van der Waals surface area contributed by atoms with Crippen LogP contribution in [0.5, 0.6) is 5.75 Å². The lowest BCUT2D eigenvalue weighted by atomic mass is 10.0. The van der Waals surface area contributed by atoms with Crippen molar-refractivity contribution in [3.8, 4) is 16.9 Å². The number of halogens is 3. The van der Waals surface area contributed by atoms with Crippen LogP contribution < -0.4 is 10.2 Å². The van der Waals surface area contributed by atoms with Gasteiger partial charge in [0.15, 0.2) is 0 Å². The Hall–Kier alpha value is -2.82. The quantitative estimate of drug-likeness (QED) is 0.359. The highest BCUT2D eigenvalue weighted by Crippen LogP contribution is 2.27. The normalized spacial score (nSPS) is 11.0. The van der Waals surface area contributed by atoms with Crippen LogP contribution in [0.4, 0.5) is 4.39 Å². The molecule has 29 heavy (non-hydrogen) atoms. The fourth-order valence-corrected chi connectivity index (χ4v) is 3.44. The smallest absolute Gasteiger partial charge is 0.200 e. The maximum Gasteiger partial charge on any atom is 0.200 e. The Kier molecular flexibility index (Phi) is 5.31. The maximum atomic E-state index is 13.2. The van der Waals surface area contributed by atoms with Crippen molar-refractivity contribution in [1.29, 1.82) is 0 Å². The van der Waals surface area contributed by atoms with Crippen molar-refractivity contribution >= 4 is 34.2 Å². The molecule has 3 aromatic carbocycles. The molecule has 3 nitrogen and oxygen atoms in total. The van der Waals surface area contributed by atoms with Crippen molar-refractivity contribution in [2.24, 2.45) is 0 Å². The Bertz CT molecular complexity index is 1260. The molecular formula is C23H15Cl2FO3. The molecule has 0 amide bonds. The minimum absolute atomic E-state index is 0.175. The molecule has 0 unspecified atom stereocenters. The minimum atomic E-state index is -0.361. The molecule has 0 aliphatic heterocycles. The van der Waals surface area contributed by atoms with E-state index in [1.165, 1.54) is 12.1 Å². The Morgan fingerprint density at radius 1 is 0.966 bits per heavy atom. The first-order valence-electron chi connectivity index (χ1n) is 8.82. The Morgan fingerprint density at radius 2 is 1.72 bits per heavy atom. The Morgan fingerprint density at radius 3 is 2.45 bits per heavy atom. The molecule has 0 spiro atoms. The van der Waals surface area contributed by atoms with Crippen molar-refractivity contribution in [1.82, 2.24) is 0 Å². The zero-order chi connectivity index (χ0) is 20.5. The molecule has 0 aliphatic rings. The Labute approximate surface area is 176 Å². The zero-order valence-corrected chi connectivity index (χ0v) is 16.9. The van der Waals surface area contributed by atoms with Gasteiger partial charge in [0.1, 0.15) is 29.5 Å². The lowest BCUT2D eigenvalue weighted by molar-refractivity contribution is 0.306. The number of rotatable bonds is 4. The van der Waals surface area contributed by atoms with Gasteiger partial charge < -0.3 is 9.15 Å². The fraction of sp³-hybridized carbons (Fsp3) is 0.0870. The summed E-state index contributed by atoms with van der Waals surface area (Å²) < 4.78 is 24.9. The molecule has 1 heterocycles. The van der Waals surface area contributed by atoms with Crippen molar-refractivity contribution in [3.63, 3.8) is 0 Å². The van der Waals surface area contributed by atoms with Crippen molar-refractivity contribution in [3.05, 3.63) is 98.1 Å². The zero-order valence-electron chi connectivity index (χ0n) is 15.3. The molecule has 1 aromatic heterocycles. The molecule has 0 atom stereocenters. The largest absolute Gasteiger partial charge is 0.489 e. The first-order valence-corrected chi connectivity index (χ1v) is 9.58. The van der Waals surface area contributed by atoms with E-state index in [4.69, 9.17) is 32.4 Å². The highest BCUT2D eigenvalue weighted by Gasteiger charge is 2.14. The number of aryl methyl sites for hydroxylation is 1. The summed E-state index contributed by atoms with van der Waals surface area (Å²) in [5.41, 5.74) is 2.14. The summed E-state index contributed by atoms with van der Waals surface area (Å²) in [6.07, 6.45) is 0. The standard InChI is InChI=1S/C23H15Cl2FO3/c1-13-22(15-3-5-16(26)6-4-15)23(27)18-8-7-17(11-21(18)29-13)28-12-14-2-9-19(24)20(25)10-14/h2-11H,12H2,1H3. The molecule has 4 rings (SSSR count). The number of benzene rings is 3. The van der Waals surface area contributed by atoms with Gasteiger partial charge in [-0.25, -0.2) is 4.39 Å². The monoisotopic (exact) mass is 428 g/mol. The molecule has 0 N–H and O–H groups in total. The third-order valence-corrected chi connectivity index (χ3v) is 5.30. The van der Waals surface area contributed by atoms with Gasteiger partial charge in [-0.3, -0.25) is 4.79 Å². The van der Waals surface area contributed by atoms with Crippen LogP contribution in [-0.4, -0.2) is 0 Å². The van der Waals surface area contributed by atoms with Crippen LogP contribution in [-0.2, 0) is 6.61 Å². The molecule has 0 bridgehead atoms. The van der Waals surface area contributed by atoms with Crippen molar-refractivity contribution < 1.29 is 13.5 Å². The second-order valence-electron chi connectivity index (χ2n) is 6.56. The number of fused-ring (bicyclic) bond motifs is 1. The molecule has 0 radical (unpaired) electrons. The van der Waals surface area contributed by atoms with E-state index in [0.29, 0.717) is 50.3 Å². The molecule has 4 aromatic rings. The minimum Gasteiger partial charge on any atom is -0.489 e. The lowest BCUT2D eigenvalue weighted by Gasteiger charge is -2.10. The molecule has 0 saturated heterocycles. The van der Waals surface area contributed by atoms with E-state index in [0.717, 1.165) is 5.56 Å². The van der Waals surface area contributed by atoms with Gasteiger partial charge in [0, 0.05) is 6.07 Å². The SMILES string of the molecule is Cc1oc2cc(OCc3ccc(Cl)c(Cl)c3)ccc2c(=O)c1-c1ccc(F)cc1. The number of hydrogen-bond donors (Lipinski definition) is 0. The second kappa shape index (κ2) is 7.90. The van der Waals surface area contributed by atoms with Gasteiger partial charge in [0.05, 0.1) is 21.0 Å². The molecule has 6 heteroatoms. The van der Waals surface area contributed by atoms with Gasteiger partial charge in [0.2, 0.25) is 5.43 Å². The van der Waals surface area contributed by atoms with E-state index in [1.54, 1.807) is 49.4 Å². The highest BCUT2D eigenvalue weighted by atomic mass is 35.5. The summed E-state index contributed by atoms with van der Waals surface area (Å²) in [6, 6.07) is 16.1. The average Bonchev–Trinajstić information content (AvgIpc) is 2.70. The molecular weight excluding hydrogens is 414 g/mol. The van der Waals surface area contributed by atoms with Gasteiger partial charge in [-0.2, -0.15) is 0 Å². The van der Waals surface area contributed by atoms with Crippen LogP contribution in [0.1, 0.15) is 11.3 Å². The van der Waals surface area contributed by atoms with E-state index >= 15 is 0 Å². The van der Waals surface area contributed by atoms with Crippen LogP contribution >= 0.6 is 23.2 Å². The van der Waals surface area contributed by atoms with E-state index in [9.17, 15) is 9.18 Å². The van der Waals surface area contributed by atoms with Crippen LogP contribution in [0.3, 0.4) is 0 Å². The number of hydrogen-bond acceptors (Lipinski definition) is 3. The van der Waals surface area contributed by atoms with Crippen LogP contribution in [0.2, 0.25) is 10.0 Å². The third kappa shape index (κ3) is 4.00. The van der Waals surface area contributed by atoms with Crippen molar-refractivity contribution in [2.45, 2.75) is 13.5 Å². The summed E-state index contributed by atoms with van der Waals surface area (Å²) >= 11 is 11.9. The summed E-state index contributed by atoms with van der Waals surface area (Å²) in [6.45, 7) is 2.00. The third-order valence-electron chi connectivity index (χ3n) is 4.56. The molecule has 0 saturated carbocycles. The summed E-state index contributed by atoms with van der Waals surface area (Å²) in [5.74, 6) is 0.650. The van der Waals surface area contributed by atoms with E-state index in [-0.39, 0.29) is 11.2 Å². The fourth-order valence-electron chi connectivity index (χ4n) is 3.12. The molecule has 146 valence electrons. The average molecular weight is 429 g/mol. The van der Waals surface area contributed by atoms with Gasteiger partial charge >= 0.3 is 0 Å². The summed E-state index contributed by atoms with van der Waals surface area (Å²) in [4.78, 5) is 13.0. The summed E-state index contributed by atoms with van der Waals surface area (Å²) in [7, 11) is 0. The maximum absolute atomic E-state index is 13.2. The predicted molar refractivity (Wildman–Crippen MR) is 113 cm³/mol. The van der Waals surface area contributed by atoms with Crippen LogP contribution in [0, 0.1) is 12.7 Å². The topological polar surface area (TPSA) is 39.4 Å². The van der Waals surface area contributed by atoms with E-state index in [2.05, 4.69) is 0 Å².